The van der Waals surface area contributed by atoms with Crippen LogP contribution in [0.25, 0.3) is 11.3 Å². The maximum atomic E-state index is 13.1. The molecular weight excluding hydrogens is 428 g/mol. The molecule has 0 spiro atoms. The first kappa shape index (κ1) is 22.1. The van der Waals surface area contributed by atoms with Crippen molar-refractivity contribution in [3.63, 3.8) is 0 Å². The third-order valence-corrected chi connectivity index (χ3v) is 4.22. The Bertz CT molecular complexity index is 1120. The van der Waals surface area contributed by atoms with Crippen LogP contribution in [-0.2, 0) is 19.4 Å². The molecular formula is C19H15F6N5O. The number of alkyl halides is 6. The number of hydrogen-bond acceptors (Lipinski definition) is 5. The summed E-state index contributed by atoms with van der Waals surface area (Å²) >= 11 is 0. The van der Waals surface area contributed by atoms with Gasteiger partial charge in [0.05, 0.1) is 18.2 Å². The summed E-state index contributed by atoms with van der Waals surface area (Å²) in [7, 11) is 2.87. The van der Waals surface area contributed by atoms with Gasteiger partial charge in [-0.25, -0.2) is 9.67 Å². The van der Waals surface area contributed by atoms with E-state index in [0.717, 1.165) is 4.68 Å². The lowest BCUT2D eigenvalue weighted by molar-refractivity contribution is -0.143. The van der Waals surface area contributed by atoms with E-state index >= 15 is 0 Å². The molecule has 0 bridgehead atoms. The lowest BCUT2D eigenvalue weighted by atomic mass is 10.1. The standard InChI is InChI=1S/C19H15F6N5O/c1-30-16(26)15(10-3-5-14(31-2)6-4-10)28-17(29-30)27-13-8-11(18(20,21)22)7-12(9-13)19(23,24)25/h3-9,26H,1-2H3,(H,27,29). The van der Waals surface area contributed by atoms with Gasteiger partial charge in [0, 0.05) is 18.3 Å². The van der Waals surface area contributed by atoms with E-state index in [9.17, 15) is 26.3 Å². The second-order valence-corrected chi connectivity index (χ2v) is 6.40. The van der Waals surface area contributed by atoms with Crippen LogP contribution in [-0.4, -0.2) is 21.9 Å². The first-order valence-electron chi connectivity index (χ1n) is 8.59. The smallest absolute Gasteiger partial charge is 0.416 e. The molecule has 0 amide bonds. The van der Waals surface area contributed by atoms with Gasteiger partial charge in [0.15, 0.2) is 5.49 Å². The molecule has 0 aliphatic carbocycles. The first-order chi connectivity index (χ1) is 14.4. The minimum absolute atomic E-state index is 0.0295. The van der Waals surface area contributed by atoms with Crippen molar-refractivity contribution in [2.45, 2.75) is 12.4 Å². The third-order valence-electron chi connectivity index (χ3n) is 4.22. The van der Waals surface area contributed by atoms with Gasteiger partial charge < -0.3 is 10.1 Å². The summed E-state index contributed by atoms with van der Waals surface area (Å²) in [5, 5.41) is 14.4. The second kappa shape index (κ2) is 7.93. The van der Waals surface area contributed by atoms with Crippen LogP contribution >= 0.6 is 0 Å². The number of hydrogen-bond donors (Lipinski definition) is 2. The number of aryl methyl sites for hydroxylation is 1. The van der Waals surface area contributed by atoms with Crippen LogP contribution in [0.2, 0.25) is 0 Å². The van der Waals surface area contributed by atoms with Gasteiger partial charge in [0.25, 0.3) is 0 Å². The molecule has 0 fully saturated rings. The highest BCUT2D eigenvalue weighted by atomic mass is 19.4. The van der Waals surface area contributed by atoms with Crippen molar-refractivity contribution in [2.75, 3.05) is 12.4 Å². The molecule has 0 unspecified atom stereocenters. The van der Waals surface area contributed by atoms with Gasteiger partial charge in [-0.2, -0.15) is 26.3 Å². The Labute approximate surface area is 171 Å². The maximum Gasteiger partial charge on any atom is 0.416 e. The quantitative estimate of drug-likeness (QED) is 0.571. The van der Waals surface area contributed by atoms with Crippen molar-refractivity contribution in [3.05, 3.63) is 59.1 Å². The van der Waals surface area contributed by atoms with Crippen LogP contribution < -0.4 is 15.5 Å². The molecule has 164 valence electrons. The molecule has 2 N–H and O–H groups in total. The molecule has 6 nitrogen and oxygen atoms in total. The van der Waals surface area contributed by atoms with E-state index in [1.807, 2.05) is 0 Å². The summed E-state index contributed by atoms with van der Waals surface area (Å²) in [6.45, 7) is 0. The molecule has 3 rings (SSSR count). The molecule has 0 aliphatic rings. The number of ether oxygens (including phenoxy) is 1. The van der Waals surface area contributed by atoms with Gasteiger partial charge in [-0.15, -0.1) is 5.10 Å². The molecule has 0 radical (unpaired) electrons. The molecule has 12 heteroatoms. The van der Waals surface area contributed by atoms with Gasteiger partial charge in [0.2, 0.25) is 5.95 Å². The highest BCUT2D eigenvalue weighted by molar-refractivity contribution is 5.62. The predicted octanol–water partition coefficient (Wildman–Crippen LogP) is 4.75. The number of rotatable bonds is 4. The van der Waals surface area contributed by atoms with E-state index < -0.39 is 29.2 Å². The fourth-order valence-electron chi connectivity index (χ4n) is 2.69. The number of benzene rings is 2. The van der Waals surface area contributed by atoms with Crippen molar-refractivity contribution in [1.82, 2.24) is 14.8 Å². The number of nitrogens with one attached hydrogen (secondary N) is 2. The Morgan fingerprint density at radius 2 is 1.48 bits per heavy atom. The minimum Gasteiger partial charge on any atom is -0.497 e. The summed E-state index contributed by atoms with van der Waals surface area (Å²) in [6, 6.07) is 7.53. The Balaban J connectivity index is 2.06. The van der Waals surface area contributed by atoms with Crippen molar-refractivity contribution < 1.29 is 31.1 Å². The van der Waals surface area contributed by atoms with Crippen molar-refractivity contribution in [2.24, 2.45) is 7.05 Å². The van der Waals surface area contributed by atoms with Gasteiger partial charge in [-0.1, -0.05) is 0 Å². The molecule has 1 heterocycles. The maximum absolute atomic E-state index is 13.1. The second-order valence-electron chi connectivity index (χ2n) is 6.40. The van der Waals surface area contributed by atoms with E-state index in [1.54, 1.807) is 24.3 Å². The zero-order valence-electron chi connectivity index (χ0n) is 16.1. The zero-order chi connectivity index (χ0) is 23.0. The van der Waals surface area contributed by atoms with Crippen LogP contribution in [0.5, 0.6) is 5.75 Å². The summed E-state index contributed by atoms with van der Waals surface area (Å²) in [6.07, 6.45) is -9.97. The number of methoxy groups -OCH3 is 1. The molecule has 31 heavy (non-hydrogen) atoms. The number of nitrogens with zero attached hydrogens (tertiary/aromatic N) is 3. The lowest BCUT2D eigenvalue weighted by Gasteiger charge is -2.15. The van der Waals surface area contributed by atoms with Crippen LogP contribution in [0, 0.1) is 5.41 Å². The Morgan fingerprint density at radius 1 is 0.935 bits per heavy atom. The zero-order valence-corrected chi connectivity index (χ0v) is 16.1. The van der Waals surface area contributed by atoms with Crippen LogP contribution in [0.15, 0.2) is 42.5 Å². The minimum atomic E-state index is -4.98. The van der Waals surface area contributed by atoms with E-state index in [2.05, 4.69) is 15.4 Å². The van der Waals surface area contributed by atoms with Gasteiger partial charge in [-0.3, -0.25) is 5.41 Å². The highest BCUT2D eigenvalue weighted by Gasteiger charge is 2.37. The van der Waals surface area contributed by atoms with Gasteiger partial charge in [-0.05, 0) is 42.5 Å². The molecule has 0 saturated heterocycles. The highest BCUT2D eigenvalue weighted by Crippen LogP contribution is 2.38. The number of aromatic nitrogens is 3. The van der Waals surface area contributed by atoms with Gasteiger partial charge in [0.1, 0.15) is 11.4 Å². The molecule has 1 aromatic heterocycles. The topological polar surface area (TPSA) is 75.8 Å². The van der Waals surface area contributed by atoms with Crippen LogP contribution in [0.3, 0.4) is 0 Å². The Hall–Kier alpha value is -3.57. The summed E-state index contributed by atoms with van der Waals surface area (Å²) in [4.78, 5) is 4.10. The summed E-state index contributed by atoms with van der Waals surface area (Å²) in [5.41, 5.74) is -2.96. The normalized spacial score (nSPS) is 12.0. The van der Waals surface area contributed by atoms with Gasteiger partial charge >= 0.3 is 12.4 Å². The SMILES string of the molecule is COc1ccc(-c2nc(Nc3cc(C(F)(F)F)cc(C(F)(F)F)c3)nn(C)c2=N)cc1. The lowest BCUT2D eigenvalue weighted by Crippen LogP contribution is -2.24. The van der Waals surface area contributed by atoms with E-state index in [1.165, 1.54) is 14.2 Å². The third kappa shape index (κ3) is 4.95. The average Bonchev–Trinajstić information content (AvgIpc) is 2.69. The molecule has 3 aromatic rings. The largest absolute Gasteiger partial charge is 0.497 e. The number of anilines is 2. The van der Waals surface area contributed by atoms with Crippen LogP contribution in [0.1, 0.15) is 11.1 Å². The molecule has 2 aromatic carbocycles. The predicted molar refractivity (Wildman–Crippen MR) is 98.6 cm³/mol. The molecule has 0 aliphatic heterocycles. The monoisotopic (exact) mass is 443 g/mol. The molecule has 0 saturated carbocycles. The van der Waals surface area contributed by atoms with Crippen molar-refractivity contribution in [3.8, 4) is 17.0 Å². The first-order valence-corrected chi connectivity index (χ1v) is 8.59. The number of halogens is 6. The fourth-order valence-corrected chi connectivity index (χ4v) is 2.69. The Kier molecular flexibility index (Phi) is 5.66. The van der Waals surface area contributed by atoms with E-state index in [-0.39, 0.29) is 23.2 Å². The average molecular weight is 443 g/mol. The fraction of sp³-hybridized carbons (Fsp3) is 0.211. The molecule has 0 atom stereocenters. The van der Waals surface area contributed by atoms with Crippen LogP contribution in [0.4, 0.5) is 38.0 Å². The summed E-state index contributed by atoms with van der Waals surface area (Å²) < 4.78 is 84.6. The van der Waals surface area contributed by atoms with E-state index in [4.69, 9.17) is 10.1 Å². The Morgan fingerprint density at radius 3 is 1.97 bits per heavy atom. The van der Waals surface area contributed by atoms with Crippen molar-refractivity contribution in [1.29, 1.82) is 5.41 Å². The summed E-state index contributed by atoms with van der Waals surface area (Å²) in [5.74, 6) is 0.271. The van der Waals surface area contributed by atoms with Crippen molar-refractivity contribution >= 4 is 11.6 Å². The van der Waals surface area contributed by atoms with E-state index in [0.29, 0.717) is 23.4 Å².